The van der Waals surface area contributed by atoms with E-state index in [0.29, 0.717) is 11.0 Å². The fourth-order valence-corrected chi connectivity index (χ4v) is 2.24. The zero-order chi connectivity index (χ0) is 17.2. The molecule has 1 amide bonds. The van der Waals surface area contributed by atoms with Gasteiger partial charge in [0.15, 0.2) is 6.23 Å². The van der Waals surface area contributed by atoms with Crippen LogP contribution in [0.1, 0.15) is 26.0 Å². The van der Waals surface area contributed by atoms with Crippen LogP contribution in [0, 0.1) is 0 Å². The van der Waals surface area contributed by atoms with Gasteiger partial charge >= 0.3 is 5.69 Å². The van der Waals surface area contributed by atoms with Crippen LogP contribution in [0.4, 0.5) is 10.2 Å². The molecule has 4 atom stereocenters. The Morgan fingerprint density at radius 2 is 2.30 bits per heavy atom. The lowest BCUT2D eigenvalue weighted by Crippen LogP contribution is -2.45. The molecule has 0 radical (unpaired) electrons. The van der Waals surface area contributed by atoms with Crippen LogP contribution in [0.25, 0.3) is 0 Å². The summed E-state index contributed by atoms with van der Waals surface area (Å²) in [6.45, 7) is 1.07. The van der Waals surface area contributed by atoms with Crippen molar-refractivity contribution in [2.24, 2.45) is 0 Å². The minimum atomic E-state index is -3.27. The number of aliphatic hydroxyl groups is 3. The van der Waals surface area contributed by atoms with Gasteiger partial charge in [0.1, 0.15) is 18.0 Å². The number of hydrogen-bond acceptors (Lipinski definition) is 7. The largest absolute Gasteiger partial charge is 0.394 e. The van der Waals surface area contributed by atoms with E-state index in [1.54, 1.807) is 0 Å². The molecule has 0 spiro atoms. The molecular formula is C13H18FN3O6. The van der Waals surface area contributed by atoms with Crippen molar-refractivity contribution in [3.8, 4) is 0 Å². The van der Waals surface area contributed by atoms with E-state index < -0.39 is 36.6 Å². The van der Waals surface area contributed by atoms with E-state index in [9.17, 15) is 24.2 Å². The van der Waals surface area contributed by atoms with Crippen molar-refractivity contribution in [2.75, 3.05) is 11.9 Å². The van der Waals surface area contributed by atoms with Crippen molar-refractivity contribution in [1.29, 1.82) is 0 Å². The van der Waals surface area contributed by atoms with Gasteiger partial charge in [-0.05, 0) is 12.5 Å². The minimum Gasteiger partial charge on any atom is -0.394 e. The third-order valence-corrected chi connectivity index (χ3v) is 3.42. The molecule has 0 bridgehead atoms. The number of rotatable bonds is 5. The van der Waals surface area contributed by atoms with Crippen LogP contribution in [0.3, 0.4) is 0 Å². The van der Waals surface area contributed by atoms with E-state index in [-0.39, 0.29) is 18.1 Å². The third kappa shape index (κ3) is 3.39. The maximum atomic E-state index is 14.2. The number of hydrogen-bond donors (Lipinski definition) is 4. The number of carbonyl (C=O) groups excluding carboxylic acids is 1. The monoisotopic (exact) mass is 331 g/mol. The summed E-state index contributed by atoms with van der Waals surface area (Å²) in [5.41, 5.74) is -0.994. The second kappa shape index (κ2) is 6.71. The van der Waals surface area contributed by atoms with Crippen molar-refractivity contribution in [3.63, 3.8) is 0 Å². The number of anilines is 1. The fraction of sp³-hybridized carbons (Fsp3) is 0.615. The van der Waals surface area contributed by atoms with Crippen molar-refractivity contribution in [3.05, 3.63) is 22.7 Å². The molecule has 1 saturated heterocycles. The van der Waals surface area contributed by atoms with Crippen molar-refractivity contribution in [2.45, 2.75) is 44.1 Å². The lowest BCUT2D eigenvalue weighted by Gasteiger charge is -2.23. The van der Waals surface area contributed by atoms with E-state index in [2.05, 4.69) is 10.3 Å². The number of nitrogens with one attached hydrogen (secondary N) is 1. The van der Waals surface area contributed by atoms with Gasteiger partial charge in [0.2, 0.25) is 5.91 Å². The Balaban J connectivity index is 2.24. The molecule has 10 heteroatoms. The standard InChI is InChI=1S/C13H18FN3O6/c1-2-3-9(19)15-8-4-5-17(12(21)16-8)11-13(14,22)10(20)7(6-18)23-11/h4-5,7,10-11,18,20,22H,2-3,6H2,1H3,(H,15,16,19,21)/t7-,10-,11-,13-/m1/s1. The number of aliphatic hydroxyl groups excluding tert-OH is 2. The Hall–Kier alpha value is -1.88. The van der Waals surface area contributed by atoms with Crippen LogP contribution in [-0.4, -0.2) is 55.4 Å². The van der Waals surface area contributed by atoms with Gasteiger partial charge in [-0.25, -0.2) is 9.18 Å². The molecule has 2 rings (SSSR count). The number of nitrogens with zero attached hydrogens (tertiary/aromatic N) is 2. The lowest BCUT2D eigenvalue weighted by molar-refractivity contribution is -0.197. The Morgan fingerprint density at radius 3 is 2.83 bits per heavy atom. The molecule has 0 aromatic carbocycles. The Labute approximate surface area is 130 Å². The molecule has 0 unspecified atom stereocenters. The molecule has 128 valence electrons. The summed E-state index contributed by atoms with van der Waals surface area (Å²) in [6.07, 6.45) is -3.33. The predicted molar refractivity (Wildman–Crippen MR) is 75.1 cm³/mol. The van der Waals surface area contributed by atoms with Crippen LogP contribution in [0.5, 0.6) is 0 Å². The first-order chi connectivity index (χ1) is 10.8. The van der Waals surface area contributed by atoms with Crippen LogP contribution in [0.15, 0.2) is 17.1 Å². The van der Waals surface area contributed by atoms with Crippen LogP contribution < -0.4 is 11.0 Å². The van der Waals surface area contributed by atoms with E-state index in [0.717, 1.165) is 6.20 Å². The van der Waals surface area contributed by atoms with Crippen molar-refractivity contribution in [1.82, 2.24) is 9.55 Å². The summed E-state index contributed by atoms with van der Waals surface area (Å²) in [6, 6.07) is 1.23. The Morgan fingerprint density at radius 1 is 1.61 bits per heavy atom. The second-order valence-corrected chi connectivity index (χ2v) is 5.18. The van der Waals surface area contributed by atoms with E-state index in [4.69, 9.17) is 9.84 Å². The van der Waals surface area contributed by atoms with Crippen molar-refractivity contribution >= 4 is 11.7 Å². The van der Waals surface area contributed by atoms with E-state index in [1.165, 1.54) is 6.07 Å². The number of ether oxygens (including phenoxy) is 1. The zero-order valence-corrected chi connectivity index (χ0v) is 12.3. The molecular weight excluding hydrogens is 313 g/mol. The average Bonchev–Trinajstić information content (AvgIpc) is 2.70. The molecule has 0 aliphatic carbocycles. The first-order valence-corrected chi connectivity index (χ1v) is 7.06. The molecule has 2 heterocycles. The van der Waals surface area contributed by atoms with E-state index in [1.807, 2.05) is 6.92 Å². The predicted octanol–water partition coefficient (Wildman–Crippen LogP) is -1.11. The maximum absolute atomic E-state index is 14.2. The van der Waals surface area contributed by atoms with Crippen molar-refractivity contribution < 1.29 is 29.2 Å². The van der Waals surface area contributed by atoms with Gasteiger partial charge in [0.25, 0.3) is 5.85 Å². The molecule has 0 saturated carbocycles. The normalized spacial score (nSPS) is 30.4. The van der Waals surface area contributed by atoms with E-state index >= 15 is 0 Å². The highest BCUT2D eigenvalue weighted by Crippen LogP contribution is 2.38. The Kier molecular flexibility index (Phi) is 5.09. The van der Waals surface area contributed by atoms with Gasteiger partial charge in [0.05, 0.1) is 6.61 Å². The third-order valence-electron chi connectivity index (χ3n) is 3.42. The van der Waals surface area contributed by atoms with Crippen LogP contribution in [0.2, 0.25) is 0 Å². The van der Waals surface area contributed by atoms with Gasteiger partial charge in [-0.3, -0.25) is 9.36 Å². The number of halogens is 1. The number of carbonyl (C=O) groups is 1. The number of amides is 1. The molecule has 1 aromatic heterocycles. The molecule has 1 aliphatic heterocycles. The first kappa shape index (κ1) is 17.5. The lowest BCUT2D eigenvalue weighted by atomic mass is 10.1. The summed E-state index contributed by atoms with van der Waals surface area (Å²) < 4.78 is 19.8. The number of alkyl halides is 1. The Bertz CT molecular complexity index is 634. The quantitative estimate of drug-likeness (QED) is 0.537. The zero-order valence-electron chi connectivity index (χ0n) is 12.3. The highest BCUT2D eigenvalue weighted by molar-refractivity contribution is 5.89. The van der Waals surface area contributed by atoms with Gasteiger partial charge in [0, 0.05) is 12.6 Å². The summed E-state index contributed by atoms with van der Waals surface area (Å²) in [5, 5.41) is 30.6. The number of aromatic nitrogens is 2. The molecule has 1 aliphatic rings. The minimum absolute atomic E-state index is 0.0237. The summed E-state index contributed by atoms with van der Waals surface area (Å²) in [7, 11) is 0. The van der Waals surface area contributed by atoms with Gasteiger partial charge < -0.3 is 25.4 Å². The highest BCUT2D eigenvalue weighted by Gasteiger charge is 2.57. The smallest absolute Gasteiger partial charge is 0.351 e. The van der Waals surface area contributed by atoms with Crippen LogP contribution in [-0.2, 0) is 9.53 Å². The topological polar surface area (TPSA) is 134 Å². The molecule has 1 fully saturated rings. The molecule has 9 nitrogen and oxygen atoms in total. The van der Waals surface area contributed by atoms with Crippen LogP contribution >= 0.6 is 0 Å². The molecule has 23 heavy (non-hydrogen) atoms. The first-order valence-electron chi connectivity index (χ1n) is 7.06. The summed E-state index contributed by atoms with van der Waals surface area (Å²) in [5.74, 6) is -3.62. The average molecular weight is 331 g/mol. The second-order valence-electron chi connectivity index (χ2n) is 5.18. The highest BCUT2D eigenvalue weighted by atomic mass is 19.2. The summed E-state index contributed by atoms with van der Waals surface area (Å²) in [4.78, 5) is 27.0. The SMILES string of the molecule is CCCC(=O)Nc1ccn([C@@H]2O[C@H](CO)[C@@H](O)[C@]2(O)F)c(=O)n1. The van der Waals surface area contributed by atoms with Gasteiger partial charge in [-0.1, -0.05) is 6.92 Å². The fourth-order valence-electron chi connectivity index (χ4n) is 2.24. The molecule has 1 aromatic rings. The van der Waals surface area contributed by atoms with Gasteiger partial charge in [-0.2, -0.15) is 4.98 Å². The molecule has 4 N–H and O–H groups in total. The van der Waals surface area contributed by atoms with Gasteiger partial charge in [-0.15, -0.1) is 0 Å². The maximum Gasteiger partial charge on any atom is 0.351 e. The summed E-state index contributed by atoms with van der Waals surface area (Å²) >= 11 is 0.